The fraction of sp³-hybridized carbons (Fsp3) is 0.0909. The summed E-state index contributed by atoms with van der Waals surface area (Å²) >= 11 is 5.90. The number of nitrogens with zero attached hydrogens (tertiary/aromatic N) is 1. The number of methoxy groups -OCH3 is 1. The first-order valence-corrected chi connectivity index (χ1v) is 5.22. The Kier molecular flexibility index (Phi) is 3.20. The number of carbonyl (C=O) groups excluding carboxylic acids is 1. The Hall–Kier alpha value is -2.08. The smallest absolute Gasteiger partial charge is 0.361 e. The number of rotatable bonds is 2. The molecule has 0 aliphatic rings. The molecular weight excluding hydrogens is 263 g/mol. The van der Waals surface area contributed by atoms with E-state index in [0.717, 1.165) is 0 Å². The topological polar surface area (TPSA) is 78.3 Å². The third-order valence-corrected chi connectivity index (χ3v) is 2.62. The lowest BCUT2D eigenvalue weighted by Gasteiger charge is -2.05. The molecule has 2 aromatic rings. The Morgan fingerprint density at radius 1 is 1.50 bits per heavy atom. The van der Waals surface area contributed by atoms with E-state index in [1.165, 1.54) is 25.3 Å². The van der Waals surface area contributed by atoms with Gasteiger partial charge in [0.05, 0.1) is 17.7 Å². The molecule has 1 aromatic carbocycles. The number of nitrogen functional groups attached to an aromatic ring is 1. The van der Waals surface area contributed by atoms with Crippen molar-refractivity contribution >= 4 is 23.5 Å². The van der Waals surface area contributed by atoms with Gasteiger partial charge in [0.25, 0.3) is 0 Å². The molecule has 0 atom stereocenters. The van der Waals surface area contributed by atoms with E-state index in [-0.39, 0.29) is 27.7 Å². The Morgan fingerprint density at radius 3 is 2.83 bits per heavy atom. The summed E-state index contributed by atoms with van der Waals surface area (Å²) < 4.78 is 23.0. The lowest BCUT2D eigenvalue weighted by atomic mass is 10.0. The third-order valence-electron chi connectivity index (χ3n) is 2.31. The zero-order valence-corrected chi connectivity index (χ0v) is 9.99. The average molecular weight is 271 g/mol. The largest absolute Gasteiger partial charge is 0.464 e. The van der Waals surface area contributed by atoms with E-state index in [1.807, 2.05) is 0 Å². The third kappa shape index (κ3) is 1.91. The van der Waals surface area contributed by atoms with E-state index in [4.69, 9.17) is 17.3 Å². The van der Waals surface area contributed by atoms with Gasteiger partial charge in [-0.15, -0.1) is 0 Å². The number of esters is 1. The molecule has 0 fully saturated rings. The average Bonchev–Trinajstić information content (AvgIpc) is 2.71. The lowest BCUT2D eigenvalue weighted by molar-refractivity contribution is 0.0590. The van der Waals surface area contributed by atoms with Gasteiger partial charge in [-0.25, -0.2) is 9.18 Å². The van der Waals surface area contributed by atoms with Crippen LogP contribution in [0, 0.1) is 5.82 Å². The Morgan fingerprint density at radius 2 is 2.22 bits per heavy atom. The Balaban J connectivity index is 2.71. The number of nitrogens with two attached hydrogens (primary N) is 1. The fourth-order valence-corrected chi connectivity index (χ4v) is 1.77. The van der Waals surface area contributed by atoms with E-state index in [1.54, 1.807) is 0 Å². The van der Waals surface area contributed by atoms with Gasteiger partial charge in [0.1, 0.15) is 5.82 Å². The summed E-state index contributed by atoms with van der Waals surface area (Å²) in [5.41, 5.74) is 5.27. The molecule has 0 aliphatic carbocycles. The SMILES string of the molecule is COC(=O)c1noc(N)c1-c1c(F)cccc1Cl. The van der Waals surface area contributed by atoms with Gasteiger partial charge in [0.2, 0.25) is 11.6 Å². The van der Waals surface area contributed by atoms with Crippen LogP contribution in [0.25, 0.3) is 11.1 Å². The van der Waals surface area contributed by atoms with Crippen LogP contribution in [0.5, 0.6) is 0 Å². The molecule has 94 valence electrons. The second-order valence-corrected chi connectivity index (χ2v) is 3.77. The van der Waals surface area contributed by atoms with Crippen molar-refractivity contribution in [3.05, 3.63) is 34.7 Å². The van der Waals surface area contributed by atoms with Crippen molar-refractivity contribution in [2.75, 3.05) is 12.8 Å². The molecule has 0 saturated carbocycles. The maximum atomic E-state index is 13.8. The number of benzene rings is 1. The Labute approximate surface area is 106 Å². The number of hydrogen-bond donors (Lipinski definition) is 1. The molecule has 18 heavy (non-hydrogen) atoms. The van der Waals surface area contributed by atoms with Crippen LogP contribution in [0.4, 0.5) is 10.3 Å². The molecule has 0 aliphatic heterocycles. The highest BCUT2D eigenvalue weighted by molar-refractivity contribution is 6.33. The first-order chi connectivity index (χ1) is 8.56. The highest BCUT2D eigenvalue weighted by Crippen LogP contribution is 2.36. The molecule has 2 N–H and O–H groups in total. The van der Waals surface area contributed by atoms with E-state index in [0.29, 0.717) is 0 Å². The standard InChI is InChI=1S/C11H8ClFN2O3/c1-17-11(16)9-8(10(14)18-15-9)7-5(12)3-2-4-6(7)13/h2-4H,14H2,1H3. The molecule has 0 amide bonds. The number of aromatic nitrogens is 1. The van der Waals surface area contributed by atoms with Crippen LogP contribution in [-0.4, -0.2) is 18.2 Å². The van der Waals surface area contributed by atoms with Gasteiger partial charge < -0.3 is 15.0 Å². The number of carbonyl (C=O) groups is 1. The van der Waals surface area contributed by atoms with Crippen molar-refractivity contribution < 1.29 is 18.4 Å². The Bertz CT molecular complexity index is 592. The van der Waals surface area contributed by atoms with Crippen molar-refractivity contribution in [1.82, 2.24) is 5.16 Å². The van der Waals surface area contributed by atoms with Crippen LogP contribution in [0.2, 0.25) is 5.02 Å². The summed E-state index contributed by atoms with van der Waals surface area (Å²) in [6.07, 6.45) is 0. The summed E-state index contributed by atoms with van der Waals surface area (Å²) in [4.78, 5) is 11.5. The minimum absolute atomic E-state index is 0.00931. The second-order valence-electron chi connectivity index (χ2n) is 3.36. The minimum atomic E-state index is -0.787. The molecule has 1 aromatic heterocycles. The van der Waals surface area contributed by atoms with Crippen molar-refractivity contribution in [3.63, 3.8) is 0 Å². The molecule has 0 radical (unpaired) electrons. The highest BCUT2D eigenvalue weighted by Gasteiger charge is 2.26. The monoisotopic (exact) mass is 270 g/mol. The van der Waals surface area contributed by atoms with Crippen LogP contribution in [0.1, 0.15) is 10.5 Å². The summed E-state index contributed by atoms with van der Waals surface area (Å²) in [5, 5.41) is 3.54. The number of halogens is 2. The van der Waals surface area contributed by atoms with E-state index < -0.39 is 11.8 Å². The van der Waals surface area contributed by atoms with Crippen LogP contribution < -0.4 is 5.73 Å². The number of ether oxygens (including phenoxy) is 1. The zero-order chi connectivity index (χ0) is 13.3. The molecular formula is C11H8ClFN2O3. The number of anilines is 1. The van der Waals surface area contributed by atoms with Crippen LogP contribution in [-0.2, 0) is 4.74 Å². The quantitative estimate of drug-likeness (QED) is 0.848. The summed E-state index contributed by atoms with van der Waals surface area (Å²) in [6, 6.07) is 4.09. The summed E-state index contributed by atoms with van der Waals surface area (Å²) in [7, 11) is 1.17. The molecule has 7 heteroatoms. The number of hydrogen-bond acceptors (Lipinski definition) is 5. The molecule has 2 rings (SSSR count). The zero-order valence-electron chi connectivity index (χ0n) is 9.24. The lowest BCUT2D eigenvalue weighted by Crippen LogP contribution is -2.04. The van der Waals surface area contributed by atoms with Crippen molar-refractivity contribution in [3.8, 4) is 11.1 Å². The van der Waals surface area contributed by atoms with Gasteiger partial charge in [0, 0.05) is 5.56 Å². The first kappa shape index (κ1) is 12.4. The van der Waals surface area contributed by atoms with Gasteiger partial charge in [-0.05, 0) is 12.1 Å². The maximum Gasteiger partial charge on any atom is 0.361 e. The summed E-state index contributed by atoms with van der Waals surface area (Å²) in [6.45, 7) is 0. The predicted octanol–water partition coefficient (Wildman–Crippen LogP) is 2.50. The highest BCUT2D eigenvalue weighted by atomic mass is 35.5. The van der Waals surface area contributed by atoms with E-state index >= 15 is 0 Å². The van der Waals surface area contributed by atoms with Gasteiger partial charge in [-0.2, -0.15) is 0 Å². The van der Waals surface area contributed by atoms with Gasteiger partial charge in [-0.1, -0.05) is 22.8 Å². The second kappa shape index (κ2) is 4.66. The first-order valence-electron chi connectivity index (χ1n) is 4.84. The molecule has 0 unspecified atom stereocenters. The van der Waals surface area contributed by atoms with Crippen LogP contribution in [0.3, 0.4) is 0 Å². The van der Waals surface area contributed by atoms with Gasteiger partial charge >= 0.3 is 5.97 Å². The van der Waals surface area contributed by atoms with Crippen LogP contribution in [0.15, 0.2) is 22.7 Å². The predicted molar refractivity (Wildman–Crippen MR) is 62.7 cm³/mol. The minimum Gasteiger partial charge on any atom is -0.464 e. The molecule has 1 heterocycles. The molecule has 0 saturated heterocycles. The summed E-state index contributed by atoms with van der Waals surface area (Å²) in [5.74, 6) is -1.63. The van der Waals surface area contributed by atoms with Crippen LogP contribution >= 0.6 is 11.6 Å². The molecule has 5 nitrogen and oxygen atoms in total. The van der Waals surface area contributed by atoms with Crippen molar-refractivity contribution in [1.29, 1.82) is 0 Å². The molecule has 0 spiro atoms. The van der Waals surface area contributed by atoms with E-state index in [9.17, 15) is 9.18 Å². The van der Waals surface area contributed by atoms with Crippen molar-refractivity contribution in [2.24, 2.45) is 0 Å². The van der Waals surface area contributed by atoms with Crippen molar-refractivity contribution in [2.45, 2.75) is 0 Å². The normalized spacial score (nSPS) is 10.4. The van der Waals surface area contributed by atoms with Gasteiger partial charge in [0.15, 0.2) is 0 Å². The maximum absolute atomic E-state index is 13.8. The molecule has 0 bridgehead atoms. The fourth-order valence-electron chi connectivity index (χ4n) is 1.52. The van der Waals surface area contributed by atoms with E-state index in [2.05, 4.69) is 14.4 Å². The van der Waals surface area contributed by atoms with Gasteiger partial charge in [-0.3, -0.25) is 0 Å².